The van der Waals surface area contributed by atoms with Gasteiger partial charge in [-0.05, 0) is 18.2 Å². The average molecular weight is 264 g/mol. The molecular weight excluding hydrogens is 254 g/mol. The predicted molar refractivity (Wildman–Crippen MR) is 66.3 cm³/mol. The number of halogens is 1. The van der Waals surface area contributed by atoms with Crippen molar-refractivity contribution in [1.29, 1.82) is 0 Å². The number of aromatic hydroxyl groups is 1. The highest BCUT2D eigenvalue weighted by atomic mass is 35.5. The van der Waals surface area contributed by atoms with Crippen LogP contribution in [-0.2, 0) is 6.54 Å². The van der Waals surface area contributed by atoms with Crippen LogP contribution in [0.1, 0.15) is 16.1 Å². The van der Waals surface area contributed by atoms with Gasteiger partial charge in [0.05, 0.1) is 0 Å². The van der Waals surface area contributed by atoms with E-state index in [1.54, 1.807) is 24.3 Å². The number of benzene rings is 1. The number of nitrogens with zero attached hydrogens (tertiary/aromatic N) is 2. The van der Waals surface area contributed by atoms with Gasteiger partial charge in [0.15, 0.2) is 10.8 Å². The van der Waals surface area contributed by atoms with Gasteiger partial charge < -0.3 is 10.4 Å². The molecule has 2 N–H and O–H groups in total. The summed E-state index contributed by atoms with van der Waals surface area (Å²) in [5.74, 6) is -0.234. The SMILES string of the molecule is O=C(NCc1ccccc1O)c1ccc(Cl)nn1. The molecule has 0 spiro atoms. The summed E-state index contributed by atoms with van der Waals surface area (Å²) in [6, 6.07) is 9.75. The second-order valence-electron chi connectivity index (χ2n) is 3.55. The van der Waals surface area contributed by atoms with Crippen molar-refractivity contribution in [2.45, 2.75) is 6.54 Å². The van der Waals surface area contributed by atoms with Crippen molar-refractivity contribution < 1.29 is 9.90 Å². The molecule has 1 aromatic carbocycles. The molecule has 0 unspecified atom stereocenters. The first kappa shape index (κ1) is 12.3. The summed E-state index contributed by atoms with van der Waals surface area (Å²) in [6.07, 6.45) is 0. The number of hydrogen-bond donors (Lipinski definition) is 2. The molecule has 1 heterocycles. The Balaban J connectivity index is 2.01. The summed E-state index contributed by atoms with van der Waals surface area (Å²) in [5.41, 5.74) is 0.808. The van der Waals surface area contributed by atoms with Gasteiger partial charge in [-0.15, -0.1) is 10.2 Å². The molecule has 0 atom stereocenters. The topological polar surface area (TPSA) is 75.1 Å². The molecular formula is C12H10ClN3O2. The molecule has 0 aliphatic rings. The molecule has 0 aliphatic heterocycles. The first-order chi connectivity index (χ1) is 8.66. The summed E-state index contributed by atoms with van der Waals surface area (Å²) in [4.78, 5) is 11.7. The molecule has 18 heavy (non-hydrogen) atoms. The number of carbonyl (C=O) groups is 1. The fourth-order valence-corrected chi connectivity index (χ4v) is 1.46. The Morgan fingerprint density at radius 2 is 2.00 bits per heavy atom. The fraction of sp³-hybridized carbons (Fsp3) is 0.0833. The summed E-state index contributed by atoms with van der Waals surface area (Å²) in [6.45, 7) is 0.218. The first-order valence-electron chi connectivity index (χ1n) is 5.21. The standard InChI is InChI=1S/C12H10ClN3O2/c13-11-6-5-9(15-16-11)12(18)14-7-8-3-1-2-4-10(8)17/h1-6,17H,7H2,(H,14,18). The number of aromatic nitrogens is 2. The summed E-state index contributed by atoms with van der Waals surface area (Å²) >= 11 is 5.57. The van der Waals surface area contributed by atoms with E-state index in [-0.39, 0.29) is 29.0 Å². The number of carbonyl (C=O) groups excluding carboxylic acids is 1. The zero-order chi connectivity index (χ0) is 13.0. The molecule has 0 fully saturated rings. The fourth-order valence-electron chi connectivity index (χ4n) is 1.36. The maximum Gasteiger partial charge on any atom is 0.272 e. The Hall–Kier alpha value is -2.14. The van der Waals surface area contributed by atoms with Crippen LogP contribution in [0.15, 0.2) is 36.4 Å². The maximum absolute atomic E-state index is 11.7. The average Bonchev–Trinajstić information content (AvgIpc) is 2.38. The van der Waals surface area contributed by atoms with Gasteiger partial charge >= 0.3 is 0 Å². The third-order valence-electron chi connectivity index (χ3n) is 2.30. The number of para-hydroxylation sites is 1. The molecule has 0 saturated carbocycles. The van der Waals surface area contributed by atoms with Crippen molar-refractivity contribution in [3.8, 4) is 5.75 Å². The van der Waals surface area contributed by atoms with E-state index in [0.29, 0.717) is 5.56 Å². The molecule has 0 bridgehead atoms. The zero-order valence-electron chi connectivity index (χ0n) is 9.30. The van der Waals surface area contributed by atoms with Crippen molar-refractivity contribution in [3.63, 3.8) is 0 Å². The van der Waals surface area contributed by atoms with Gasteiger partial charge in [0.1, 0.15) is 5.75 Å². The van der Waals surface area contributed by atoms with Crippen LogP contribution < -0.4 is 5.32 Å². The van der Waals surface area contributed by atoms with Crippen LogP contribution in [0.5, 0.6) is 5.75 Å². The van der Waals surface area contributed by atoms with E-state index in [1.807, 2.05) is 0 Å². The minimum Gasteiger partial charge on any atom is -0.508 e. The van der Waals surface area contributed by atoms with Crippen LogP contribution >= 0.6 is 11.6 Å². The number of nitrogens with one attached hydrogen (secondary N) is 1. The van der Waals surface area contributed by atoms with E-state index < -0.39 is 0 Å². The zero-order valence-corrected chi connectivity index (χ0v) is 10.1. The van der Waals surface area contributed by atoms with Crippen molar-refractivity contribution in [2.24, 2.45) is 0 Å². The monoisotopic (exact) mass is 263 g/mol. The largest absolute Gasteiger partial charge is 0.508 e. The van der Waals surface area contributed by atoms with Gasteiger partial charge in [-0.1, -0.05) is 29.8 Å². The van der Waals surface area contributed by atoms with Gasteiger partial charge in [0.2, 0.25) is 0 Å². The minimum absolute atomic E-state index is 0.139. The summed E-state index contributed by atoms with van der Waals surface area (Å²) in [5, 5.41) is 19.6. The second-order valence-corrected chi connectivity index (χ2v) is 3.94. The van der Waals surface area contributed by atoms with Crippen molar-refractivity contribution in [1.82, 2.24) is 15.5 Å². The highest BCUT2D eigenvalue weighted by molar-refractivity contribution is 6.29. The molecule has 1 amide bonds. The Morgan fingerprint density at radius 1 is 1.22 bits per heavy atom. The molecule has 2 aromatic rings. The lowest BCUT2D eigenvalue weighted by Crippen LogP contribution is -2.24. The number of phenolic OH excluding ortho intramolecular Hbond substituents is 1. The molecule has 92 valence electrons. The quantitative estimate of drug-likeness (QED) is 0.885. The lowest BCUT2D eigenvalue weighted by Gasteiger charge is -2.06. The second kappa shape index (κ2) is 5.46. The molecule has 0 aliphatic carbocycles. The Kier molecular flexibility index (Phi) is 3.74. The number of rotatable bonds is 3. The minimum atomic E-state index is -0.373. The van der Waals surface area contributed by atoms with E-state index in [4.69, 9.17) is 11.6 Å². The van der Waals surface area contributed by atoms with Crippen LogP contribution in [0.4, 0.5) is 0 Å². The van der Waals surface area contributed by atoms with E-state index in [0.717, 1.165) is 0 Å². The summed E-state index contributed by atoms with van der Waals surface area (Å²) < 4.78 is 0. The molecule has 0 saturated heterocycles. The van der Waals surface area contributed by atoms with E-state index >= 15 is 0 Å². The molecule has 6 heteroatoms. The normalized spacial score (nSPS) is 10.1. The third kappa shape index (κ3) is 2.95. The number of amides is 1. The smallest absolute Gasteiger partial charge is 0.272 e. The van der Waals surface area contributed by atoms with E-state index in [2.05, 4.69) is 15.5 Å². The van der Waals surface area contributed by atoms with E-state index in [9.17, 15) is 9.90 Å². The lowest BCUT2D eigenvalue weighted by atomic mass is 10.2. The van der Waals surface area contributed by atoms with Crippen LogP contribution in [0.25, 0.3) is 0 Å². The van der Waals surface area contributed by atoms with Gasteiger partial charge in [-0.3, -0.25) is 4.79 Å². The van der Waals surface area contributed by atoms with E-state index in [1.165, 1.54) is 12.1 Å². The Morgan fingerprint density at radius 3 is 2.67 bits per heavy atom. The first-order valence-corrected chi connectivity index (χ1v) is 5.59. The molecule has 2 rings (SSSR count). The van der Waals surface area contributed by atoms with Crippen LogP contribution in [0.3, 0.4) is 0 Å². The van der Waals surface area contributed by atoms with Gasteiger partial charge in [0.25, 0.3) is 5.91 Å². The van der Waals surface area contributed by atoms with Gasteiger partial charge in [-0.2, -0.15) is 0 Å². The number of phenols is 1. The van der Waals surface area contributed by atoms with Crippen LogP contribution in [-0.4, -0.2) is 21.2 Å². The third-order valence-corrected chi connectivity index (χ3v) is 2.50. The Labute approximate surface area is 108 Å². The van der Waals surface area contributed by atoms with Crippen LogP contribution in [0, 0.1) is 0 Å². The molecule has 5 nitrogen and oxygen atoms in total. The van der Waals surface area contributed by atoms with Crippen molar-refractivity contribution >= 4 is 17.5 Å². The van der Waals surface area contributed by atoms with Gasteiger partial charge in [0, 0.05) is 12.1 Å². The summed E-state index contributed by atoms with van der Waals surface area (Å²) in [7, 11) is 0. The number of hydrogen-bond acceptors (Lipinski definition) is 4. The van der Waals surface area contributed by atoms with Crippen molar-refractivity contribution in [2.75, 3.05) is 0 Å². The predicted octanol–water partition coefficient (Wildman–Crippen LogP) is 1.77. The van der Waals surface area contributed by atoms with Gasteiger partial charge in [-0.25, -0.2) is 0 Å². The molecule has 0 radical (unpaired) electrons. The molecule has 1 aromatic heterocycles. The lowest BCUT2D eigenvalue weighted by molar-refractivity contribution is 0.0944. The van der Waals surface area contributed by atoms with Crippen LogP contribution in [0.2, 0.25) is 5.15 Å². The maximum atomic E-state index is 11.7. The van der Waals surface area contributed by atoms with Crippen molar-refractivity contribution in [3.05, 3.63) is 52.8 Å². The Bertz CT molecular complexity index is 558. The highest BCUT2D eigenvalue weighted by Crippen LogP contribution is 2.14. The highest BCUT2D eigenvalue weighted by Gasteiger charge is 2.08.